The number of H-pyrrole nitrogens is 4. The van der Waals surface area contributed by atoms with E-state index < -0.39 is 0 Å². The number of nitrogens with two attached hydrogens (primary N) is 5. The summed E-state index contributed by atoms with van der Waals surface area (Å²) in [4.78, 5) is 55.7. The highest BCUT2D eigenvalue weighted by atomic mass is 16.3. The average molecular weight is 1520 g/mol. The monoisotopic (exact) mass is 1520 g/mol. The van der Waals surface area contributed by atoms with Crippen LogP contribution in [0.4, 0.5) is 29.1 Å². The second-order valence-corrected chi connectivity index (χ2v) is 29.5. The lowest BCUT2D eigenvalue weighted by atomic mass is 10.1. The molecule has 15 heterocycles. The van der Waals surface area contributed by atoms with Crippen molar-refractivity contribution in [2.75, 3.05) is 28.7 Å². The van der Waals surface area contributed by atoms with Crippen LogP contribution < -0.4 is 28.7 Å². The molecule has 0 radical (unpaired) electrons. The Kier molecular flexibility index (Phi) is 18.6. The quantitative estimate of drug-likeness (QED) is 0.0608. The molecule has 0 aliphatic heterocycles. The van der Waals surface area contributed by atoms with E-state index in [0.717, 1.165) is 151 Å². The Balaban J connectivity index is 0.000000103. The van der Waals surface area contributed by atoms with Crippen LogP contribution in [0.2, 0.25) is 0 Å². The summed E-state index contributed by atoms with van der Waals surface area (Å²) in [5.41, 5.74) is 48.8. The van der Waals surface area contributed by atoms with E-state index >= 15 is 0 Å². The number of nitrogen functional groups attached to an aromatic ring is 5. The van der Waals surface area contributed by atoms with Gasteiger partial charge in [-0.25, -0.2) is 73.2 Å². The first-order chi connectivity index (χ1) is 55.2. The van der Waals surface area contributed by atoms with Crippen LogP contribution in [0.1, 0.15) is 111 Å². The van der Waals surface area contributed by atoms with Crippen molar-refractivity contribution in [1.29, 1.82) is 0 Å². The van der Waals surface area contributed by atoms with Gasteiger partial charge in [0.25, 0.3) is 0 Å². The Morgan fingerprint density at radius 2 is 0.825 bits per heavy atom. The highest BCUT2D eigenvalue weighted by molar-refractivity contribution is 6.08. The zero-order chi connectivity index (χ0) is 78.9. The molecule has 15 aromatic heterocycles. The summed E-state index contributed by atoms with van der Waals surface area (Å²) < 4.78 is 11.7. The van der Waals surface area contributed by atoms with Crippen molar-refractivity contribution in [1.82, 2.24) is 123 Å². The molecular weight excluding hydrogens is 1430 g/mol. The minimum atomic E-state index is 0.147. The van der Waals surface area contributed by atoms with Gasteiger partial charge in [-0.15, -0.1) is 0 Å². The van der Waals surface area contributed by atoms with Crippen LogP contribution >= 0.6 is 0 Å². The number of aromatic hydroxyl groups is 1. The lowest BCUT2D eigenvalue weighted by Gasteiger charge is -2.10. The Morgan fingerprint density at radius 1 is 0.386 bits per heavy atom. The zero-order valence-corrected chi connectivity index (χ0v) is 64.2. The topological polar surface area (TPSA) is 436 Å². The molecule has 31 heteroatoms. The van der Waals surface area contributed by atoms with Crippen molar-refractivity contribution in [3.63, 3.8) is 0 Å². The molecule has 5 aromatic carbocycles. The minimum absolute atomic E-state index is 0.147. The highest BCUT2D eigenvalue weighted by Gasteiger charge is 2.28. The summed E-state index contributed by atoms with van der Waals surface area (Å²) in [6.45, 7) is 16.5. The number of anilines is 5. The number of aryl methyl sites for hydroxylation is 1. The van der Waals surface area contributed by atoms with Gasteiger partial charge in [-0.1, -0.05) is 55.3 Å². The maximum Gasteiger partial charge on any atom is 0.164 e. The molecule has 0 saturated heterocycles. The van der Waals surface area contributed by atoms with Crippen LogP contribution in [0.25, 0.3) is 166 Å². The second kappa shape index (κ2) is 29.3. The average Bonchev–Trinajstić information content (AvgIpc) is 1.61. The summed E-state index contributed by atoms with van der Waals surface area (Å²) in [7, 11) is 2.04. The molecule has 21 rings (SSSR count). The van der Waals surface area contributed by atoms with Gasteiger partial charge in [0.2, 0.25) is 0 Å². The van der Waals surface area contributed by atoms with Gasteiger partial charge >= 0.3 is 0 Å². The summed E-state index contributed by atoms with van der Waals surface area (Å²) >= 11 is 0. The van der Waals surface area contributed by atoms with Crippen molar-refractivity contribution in [3.8, 4) is 62.2 Å². The van der Waals surface area contributed by atoms with Crippen molar-refractivity contribution >= 4 is 139 Å². The van der Waals surface area contributed by atoms with Crippen LogP contribution in [0.5, 0.6) is 5.75 Å². The van der Waals surface area contributed by atoms with Gasteiger partial charge in [-0.3, -0.25) is 0 Å². The molecule has 572 valence electrons. The lowest BCUT2D eigenvalue weighted by Crippen LogP contribution is -2.07. The van der Waals surface area contributed by atoms with E-state index in [-0.39, 0.29) is 29.9 Å². The van der Waals surface area contributed by atoms with E-state index in [0.29, 0.717) is 46.5 Å². The third-order valence-electron chi connectivity index (χ3n) is 20.8. The predicted molar refractivity (Wildman–Crippen MR) is 450 cm³/mol. The summed E-state index contributed by atoms with van der Waals surface area (Å²) in [5, 5.41) is 43.0. The smallest absolute Gasteiger partial charge is 0.164 e. The van der Waals surface area contributed by atoms with Gasteiger partial charge in [0.05, 0.1) is 38.7 Å². The largest absolute Gasteiger partial charge is 0.508 e. The molecule has 1 saturated carbocycles. The first-order valence-electron chi connectivity index (χ1n) is 37.8. The van der Waals surface area contributed by atoms with E-state index in [1.807, 2.05) is 101 Å². The first kappa shape index (κ1) is 72.2. The normalized spacial score (nSPS) is 12.6. The Hall–Kier alpha value is -14.7. The van der Waals surface area contributed by atoms with Gasteiger partial charge in [0.15, 0.2) is 28.2 Å². The minimum Gasteiger partial charge on any atom is -0.508 e. The first-order valence-corrected chi connectivity index (χ1v) is 37.8. The Bertz CT molecular complexity index is 6890. The summed E-state index contributed by atoms with van der Waals surface area (Å²) in [6, 6.07) is 41.3. The number of phenolic OH excluding ortho intramolecular Hbond substituents is 1. The zero-order valence-electron chi connectivity index (χ0n) is 64.2. The molecule has 0 atom stereocenters. The standard InChI is InChI=1S/C18H18N6.C17H18N6.C16H16N6O.2C16H16N6/c19-17-15-16(13-6-3-7-14-12(13)8-9-20-14)23-24(11-4-1-2-5-11)18(15)22-10-21-17;1-10(2)23-17-14(16(18)19-9-20-17)15(21-23)12-4-5-13-11(8-12)6-7-22(13)3;1-8(2)22-16-13(15(17)18-7-19-16)14(21-22)12-6-9-5-10(23)3-4-11(9)20-12;1-9(2)22-16-13(15(17)19-8-20-16)14(21-22)11-4-3-10-5-6-18-12(10)7-11;1-9(2)22-16-13(15(17)19-8-20-16)14(21-22)11-4-3-5-12-10(11)6-7-18-12/h3,6-11,20H,1-2,4-5H2,(H2,19,21,22);4-10H,1-3H3,(H2,18,19,20);3-8,20,23H,1-2H3,(H2,17,18,19);2*3-9,18H,1-2H3,(H2,17,19,20). The molecule has 1 aliphatic rings. The number of fused-ring (bicyclic) bond motifs is 10. The number of nitrogens with zero attached hydrogens (tertiary/aromatic N) is 21. The predicted octanol–water partition coefficient (Wildman–Crippen LogP) is 15.9. The maximum atomic E-state index is 9.63. The van der Waals surface area contributed by atoms with E-state index in [1.165, 1.54) is 60.8 Å². The van der Waals surface area contributed by atoms with Crippen LogP contribution in [-0.4, -0.2) is 128 Å². The third kappa shape index (κ3) is 12.9. The summed E-state index contributed by atoms with van der Waals surface area (Å²) in [5.74, 6) is 2.50. The highest BCUT2D eigenvalue weighted by Crippen LogP contribution is 2.42. The number of hydrogen-bond donors (Lipinski definition) is 10. The van der Waals surface area contributed by atoms with E-state index in [4.69, 9.17) is 49.1 Å². The van der Waals surface area contributed by atoms with Crippen molar-refractivity contribution in [3.05, 3.63) is 178 Å². The number of hydrogen-bond acceptors (Lipinski definition) is 21. The van der Waals surface area contributed by atoms with Gasteiger partial charge in [-0.2, -0.15) is 25.5 Å². The van der Waals surface area contributed by atoms with Gasteiger partial charge < -0.3 is 58.3 Å². The van der Waals surface area contributed by atoms with E-state index in [2.05, 4.69) is 199 Å². The lowest BCUT2D eigenvalue weighted by molar-refractivity contribution is 0.476. The number of rotatable bonds is 10. The van der Waals surface area contributed by atoms with Gasteiger partial charge in [0, 0.05) is 127 Å². The van der Waals surface area contributed by atoms with Crippen LogP contribution in [0, 0.1) is 0 Å². The van der Waals surface area contributed by atoms with E-state index in [9.17, 15) is 5.11 Å². The van der Waals surface area contributed by atoms with Crippen LogP contribution in [-0.2, 0) is 7.05 Å². The fourth-order valence-corrected chi connectivity index (χ4v) is 15.2. The fraction of sp³-hybridized carbons (Fsp3) is 0.217. The molecule has 0 amide bonds. The number of phenols is 1. The van der Waals surface area contributed by atoms with Gasteiger partial charge in [0.1, 0.15) is 94.9 Å². The molecule has 0 bridgehead atoms. The molecule has 114 heavy (non-hydrogen) atoms. The number of nitrogens with one attached hydrogen (secondary N) is 4. The number of aromatic nitrogens is 25. The van der Waals surface area contributed by atoms with Gasteiger partial charge in [-0.05, 0) is 152 Å². The van der Waals surface area contributed by atoms with E-state index in [1.54, 1.807) is 12.1 Å². The van der Waals surface area contributed by atoms with Crippen molar-refractivity contribution in [2.45, 2.75) is 111 Å². The maximum absolute atomic E-state index is 9.63. The van der Waals surface area contributed by atoms with Crippen LogP contribution in [0.15, 0.2) is 178 Å². The number of aromatic amines is 4. The third-order valence-corrected chi connectivity index (χ3v) is 20.8. The van der Waals surface area contributed by atoms with Crippen molar-refractivity contribution < 1.29 is 5.11 Å². The Morgan fingerprint density at radius 3 is 1.35 bits per heavy atom. The SMILES string of the molecule is CC(C)n1nc(-c2cc3cc(O)ccc3[nH]2)c2c(N)ncnc21.CC(C)n1nc(-c2ccc3c(ccn3C)c2)c2c(N)ncnc21.CC(C)n1nc(-c2ccc3cc[nH]c3c2)c2c(N)ncnc21.CC(C)n1nc(-c2cccc3[nH]ccc23)c2c(N)ncnc21.Nc1ncnc2c1c(-c1cccc3[nH]ccc13)nn2C1CCCC1. The Labute approximate surface area is 650 Å². The number of benzene rings is 5. The molecule has 15 N–H and O–H groups in total. The molecule has 1 fully saturated rings. The molecule has 31 nitrogen and oxygen atoms in total. The molecule has 0 unspecified atom stereocenters. The van der Waals surface area contributed by atoms with Crippen LogP contribution in [0.3, 0.4) is 0 Å². The molecular formula is C83H84N30O. The van der Waals surface area contributed by atoms with Crippen molar-refractivity contribution in [2.24, 2.45) is 7.05 Å². The molecule has 0 spiro atoms. The molecule has 20 aromatic rings. The fourth-order valence-electron chi connectivity index (χ4n) is 15.2. The second-order valence-electron chi connectivity index (χ2n) is 29.5. The molecule has 1 aliphatic carbocycles. The summed E-state index contributed by atoms with van der Waals surface area (Å²) in [6.07, 6.45) is 20.1.